The average Bonchev–Trinajstić information content (AvgIpc) is 3.24. The molecule has 1 aliphatic carbocycles. The van der Waals surface area contributed by atoms with Gasteiger partial charge in [0.1, 0.15) is 11.4 Å². The molecule has 1 fully saturated rings. The third-order valence-electron chi connectivity index (χ3n) is 6.09. The summed E-state index contributed by atoms with van der Waals surface area (Å²) >= 11 is 0. The summed E-state index contributed by atoms with van der Waals surface area (Å²) in [5.41, 5.74) is -0.841. The van der Waals surface area contributed by atoms with E-state index < -0.39 is 40.5 Å². The molecule has 0 atom stereocenters. The maximum absolute atomic E-state index is 13.5. The molecule has 0 aromatic heterocycles. The predicted molar refractivity (Wildman–Crippen MR) is 125 cm³/mol. The van der Waals surface area contributed by atoms with Crippen molar-refractivity contribution in [2.75, 3.05) is 13.2 Å². The highest BCUT2D eigenvalue weighted by Crippen LogP contribution is 2.39. The van der Waals surface area contributed by atoms with Crippen LogP contribution in [0.3, 0.4) is 0 Å². The molecule has 8 heteroatoms. The first-order valence-corrected chi connectivity index (χ1v) is 11.6. The minimum Gasteiger partial charge on any atom is -0.506 e. The van der Waals surface area contributed by atoms with Gasteiger partial charge in [-0.2, -0.15) is 0 Å². The number of carbonyl (C=O) groups is 4. The Hall–Kier alpha value is -3.36. The largest absolute Gasteiger partial charge is 0.506 e. The van der Waals surface area contributed by atoms with Crippen molar-refractivity contribution in [3.63, 3.8) is 0 Å². The number of benzene rings is 2. The molecule has 0 spiro atoms. The van der Waals surface area contributed by atoms with E-state index in [0.29, 0.717) is 19.6 Å². The number of phenolic OH excluding ortho intramolecular Hbond substituents is 1. The van der Waals surface area contributed by atoms with Gasteiger partial charge in [-0.25, -0.2) is 0 Å². The van der Waals surface area contributed by atoms with Crippen LogP contribution in [0, 0.1) is 0 Å². The Bertz CT molecular complexity index is 1230. The van der Waals surface area contributed by atoms with E-state index in [2.05, 4.69) is 0 Å². The summed E-state index contributed by atoms with van der Waals surface area (Å²) in [6.07, 6.45) is -0.213. The lowest BCUT2D eigenvalue weighted by Crippen LogP contribution is -2.33. The molecule has 0 amide bonds. The van der Waals surface area contributed by atoms with Gasteiger partial charge in [0.25, 0.3) is 0 Å². The van der Waals surface area contributed by atoms with Crippen molar-refractivity contribution < 1.29 is 38.5 Å². The van der Waals surface area contributed by atoms with E-state index in [1.54, 1.807) is 32.9 Å². The number of carbonyl (C=O) groups excluding carboxylic acids is 4. The number of ketones is 3. The van der Waals surface area contributed by atoms with Crippen LogP contribution in [-0.2, 0) is 25.4 Å². The highest BCUT2D eigenvalue weighted by Gasteiger charge is 2.41. The van der Waals surface area contributed by atoms with Gasteiger partial charge in [0.05, 0.1) is 37.2 Å². The Morgan fingerprint density at radius 2 is 1.63 bits per heavy atom. The second-order valence-electron chi connectivity index (χ2n) is 9.71. The van der Waals surface area contributed by atoms with Gasteiger partial charge in [0.15, 0.2) is 23.1 Å². The van der Waals surface area contributed by atoms with Crippen molar-refractivity contribution >= 4 is 23.3 Å². The molecule has 2 aliphatic rings. The highest BCUT2D eigenvalue weighted by molar-refractivity contribution is 6.30. The fraction of sp³-hybridized carbons (Fsp3) is 0.407. The van der Waals surface area contributed by atoms with Crippen molar-refractivity contribution in [2.24, 2.45) is 0 Å². The number of aromatic hydroxyl groups is 1. The van der Waals surface area contributed by atoms with Crippen LogP contribution in [0.15, 0.2) is 30.3 Å². The molecule has 1 N–H and O–H groups in total. The molecule has 1 saturated heterocycles. The van der Waals surface area contributed by atoms with Crippen molar-refractivity contribution in [3.8, 4) is 5.75 Å². The number of fused-ring (bicyclic) bond motifs is 2. The molecule has 35 heavy (non-hydrogen) atoms. The fourth-order valence-corrected chi connectivity index (χ4v) is 4.54. The molecule has 0 unspecified atom stereocenters. The number of hydrogen-bond donors (Lipinski definition) is 1. The van der Waals surface area contributed by atoms with E-state index in [0.717, 1.165) is 0 Å². The number of esters is 1. The zero-order valence-electron chi connectivity index (χ0n) is 20.2. The van der Waals surface area contributed by atoms with Crippen molar-refractivity contribution in [3.05, 3.63) is 63.7 Å². The fourth-order valence-electron chi connectivity index (χ4n) is 4.54. The Labute approximate surface area is 203 Å². The van der Waals surface area contributed by atoms with E-state index in [9.17, 15) is 24.3 Å². The molecule has 0 radical (unpaired) electrons. The lowest BCUT2D eigenvalue weighted by Gasteiger charge is -2.27. The van der Waals surface area contributed by atoms with Crippen LogP contribution in [0.25, 0.3) is 0 Å². The van der Waals surface area contributed by atoms with E-state index in [1.165, 1.54) is 18.2 Å². The van der Waals surface area contributed by atoms with Crippen LogP contribution in [0.1, 0.15) is 88.3 Å². The van der Waals surface area contributed by atoms with Gasteiger partial charge < -0.3 is 19.3 Å². The highest BCUT2D eigenvalue weighted by atomic mass is 16.7. The number of rotatable bonds is 6. The molecule has 1 aliphatic heterocycles. The zero-order valence-corrected chi connectivity index (χ0v) is 20.2. The summed E-state index contributed by atoms with van der Waals surface area (Å²) in [6.45, 7) is 7.59. The maximum Gasteiger partial charge on any atom is 0.310 e. The Morgan fingerprint density at radius 3 is 2.20 bits per heavy atom. The Morgan fingerprint density at radius 1 is 1.03 bits per heavy atom. The van der Waals surface area contributed by atoms with Crippen LogP contribution in [0.4, 0.5) is 0 Å². The summed E-state index contributed by atoms with van der Waals surface area (Å²) < 4.78 is 16.7. The number of Topliss-reactive ketones (excluding diaryl/α,β-unsaturated/α-hetero) is 1. The molecule has 0 bridgehead atoms. The molecule has 2 aromatic carbocycles. The third-order valence-corrected chi connectivity index (χ3v) is 6.09. The minimum atomic E-state index is -1.16. The van der Waals surface area contributed by atoms with Crippen molar-refractivity contribution in [2.45, 2.75) is 58.3 Å². The van der Waals surface area contributed by atoms with Gasteiger partial charge in [-0.3, -0.25) is 19.2 Å². The standard InChI is InChI=1S/C27H28O8/c1-5-27(33-10-11-34-27)14-19(28)21-15(13-20(29)35-26(2,3)4)12-18-22(25(21)32)24(31)17-9-7-6-8-16(17)23(18)30/h6-9,12,32H,5,10-11,13-14H2,1-4H3. The second kappa shape index (κ2) is 9.02. The van der Waals surface area contributed by atoms with Crippen LogP contribution in [-0.4, -0.2) is 53.0 Å². The van der Waals surface area contributed by atoms with Gasteiger partial charge >= 0.3 is 5.97 Å². The third kappa shape index (κ3) is 4.63. The van der Waals surface area contributed by atoms with Gasteiger partial charge in [0.2, 0.25) is 0 Å². The molecule has 8 nitrogen and oxygen atoms in total. The van der Waals surface area contributed by atoms with Crippen LogP contribution < -0.4 is 0 Å². The lowest BCUT2D eigenvalue weighted by molar-refractivity contribution is -0.155. The van der Waals surface area contributed by atoms with Crippen molar-refractivity contribution in [1.29, 1.82) is 0 Å². The number of phenols is 1. The molecule has 0 saturated carbocycles. The quantitative estimate of drug-likeness (QED) is 0.419. The Kier molecular flexibility index (Phi) is 6.38. The van der Waals surface area contributed by atoms with Gasteiger partial charge in [-0.05, 0) is 38.8 Å². The molecule has 2 aromatic rings. The van der Waals surface area contributed by atoms with Gasteiger partial charge in [-0.1, -0.05) is 31.2 Å². The van der Waals surface area contributed by atoms with E-state index >= 15 is 0 Å². The minimum absolute atomic E-state index is 0.0557. The van der Waals surface area contributed by atoms with Crippen LogP contribution in [0.2, 0.25) is 0 Å². The van der Waals surface area contributed by atoms with Crippen LogP contribution >= 0.6 is 0 Å². The van der Waals surface area contributed by atoms with Crippen molar-refractivity contribution in [1.82, 2.24) is 0 Å². The van der Waals surface area contributed by atoms with E-state index in [1.807, 2.05) is 6.92 Å². The smallest absolute Gasteiger partial charge is 0.310 e. The summed E-state index contributed by atoms with van der Waals surface area (Å²) in [6, 6.07) is 7.63. The summed E-state index contributed by atoms with van der Waals surface area (Å²) in [4.78, 5) is 52.7. The number of hydrogen-bond acceptors (Lipinski definition) is 8. The summed E-state index contributed by atoms with van der Waals surface area (Å²) in [5, 5.41) is 11.2. The SMILES string of the molecule is CCC1(CC(=O)c2c(CC(=O)OC(C)(C)C)cc3c(c2O)C(=O)c2ccccc2C3=O)OCCO1. The number of ether oxygens (including phenoxy) is 3. The molecular weight excluding hydrogens is 452 g/mol. The second-order valence-corrected chi connectivity index (χ2v) is 9.71. The molecular formula is C27H28O8. The Balaban J connectivity index is 1.84. The predicted octanol–water partition coefficient (Wildman–Crippen LogP) is 3.78. The lowest BCUT2D eigenvalue weighted by atomic mass is 9.80. The first kappa shape index (κ1) is 24.8. The van der Waals surface area contributed by atoms with Crippen LogP contribution in [0.5, 0.6) is 5.75 Å². The molecule has 184 valence electrons. The average molecular weight is 481 g/mol. The monoisotopic (exact) mass is 480 g/mol. The first-order valence-electron chi connectivity index (χ1n) is 11.6. The first-order chi connectivity index (χ1) is 16.5. The van der Waals surface area contributed by atoms with E-state index in [-0.39, 0.29) is 46.2 Å². The topological polar surface area (TPSA) is 116 Å². The van der Waals surface area contributed by atoms with Gasteiger partial charge in [-0.15, -0.1) is 0 Å². The summed E-state index contributed by atoms with van der Waals surface area (Å²) in [7, 11) is 0. The van der Waals surface area contributed by atoms with E-state index in [4.69, 9.17) is 14.2 Å². The maximum atomic E-state index is 13.5. The molecule has 1 heterocycles. The normalized spacial score (nSPS) is 16.6. The molecule has 4 rings (SSSR count). The zero-order chi connectivity index (χ0) is 25.5. The summed E-state index contributed by atoms with van der Waals surface area (Å²) in [5.74, 6) is -4.02. The van der Waals surface area contributed by atoms with Gasteiger partial charge in [0, 0.05) is 16.7 Å².